The zero-order valence-corrected chi connectivity index (χ0v) is 16.4. The fraction of sp³-hybridized carbons (Fsp3) is 0.647. The van der Waals surface area contributed by atoms with E-state index in [0.29, 0.717) is 26.0 Å². The first-order chi connectivity index (χ1) is 11.6. The van der Waals surface area contributed by atoms with Gasteiger partial charge >= 0.3 is 0 Å². The highest BCUT2D eigenvalue weighted by molar-refractivity contribution is 7.59. The Bertz CT molecular complexity index is 492. The van der Waals surface area contributed by atoms with Gasteiger partial charge in [0.25, 0.3) is 7.37 Å². The second-order valence-corrected chi connectivity index (χ2v) is 8.26. The first kappa shape index (κ1) is 21.6. The fourth-order valence-electron chi connectivity index (χ4n) is 2.27. The van der Waals surface area contributed by atoms with E-state index in [4.69, 9.17) is 25.6 Å². The first-order valence-corrected chi connectivity index (χ1v) is 10.7. The lowest BCUT2D eigenvalue weighted by Gasteiger charge is -2.26. The van der Waals surface area contributed by atoms with Crippen molar-refractivity contribution < 1.29 is 18.6 Å². The Labute approximate surface area is 150 Å². The number of hydrogen-bond acceptors (Lipinski definition) is 5. The molecule has 0 saturated carbocycles. The third kappa shape index (κ3) is 7.64. The minimum absolute atomic E-state index is 0.381. The van der Waals surface area contributed by atoms with Gasteiger partial charge in [-0.2, -0.15) is 0 Å². The van der Waals surface area contributed by atoms with E-state index in [0.717, 1.165) is 30.1 Å². The second kappa shape index (κ2) is 12.0. The summed E-state index contributed by atoms with van der Waals surface area (Å²) in [6, 6.07) is 6.94. The maximum absolute atomic E-state index is 13.0. The summed E-state index contributed by atoms with van der Waals surface area (Å²) in [5.41, 5.74) is 1.16. The normalized spacial score (nSPS) is 14.0. The van der Waals surface area contributed by atoms with Crippen LogP contribution in [0.15, 0.2) is 24.3 Å². The van der Waals surface area contributed by atoms with E-state index in [2.05, 4.69) is 5.32 Å². The highest BCUT2D eigenvalue weighted by Crippen LogP contribution is 2.53. The number of nitrogens with one attached hydrogen (secondary N) is 1. The van der Waals surface area contributed by atoms with Crippen LogP contribution in [0.1, 0.15) is 32.8 Å². The van der Waals surface area contributed by atoms with Crippen LogP contribution in [0.2, 0.25) is 5.02 Å². The van der Waals surface area contributed by atoms with Gasteiger partial charge in [0.05, 0.1) is 6.61 Å². The molecule has 1 aromatic rings. The van der Waals surface area contributed by atoms with Gasteiger partial charge in [0, 0.05) is 30.9 Å². The Kier molecular flexibility index (Phi) is 10.8. The summed E-state index contributed by atoms with van der Waals surface area (Å²) in [5, 5.41) is 4.07. The lowest BCUT2D eigenvalue weighted by atomic mass is 10.2. The Morgan fingerprint density at radius 2 is 1.71 bits per heavy atom. The highest BCUT2D eigenvalue weighted by atomic mass is 35.5. The van der Waals surface area contributed by atoms with Crippen LogP contribution in [0.3, 0.4) is 0 Å². The summed E-state index contributed by atoms with van der Waals surface area (Å²) in [5.74, 6) is 0. The van der Waals surface area contributed by atoms with E-state index < -0.39 is 13.4 Å². The molecule has 0 spiro atoms. The molecule has 1 unspecified atom stereocenters. The third-order valence-electron chi connectivity index (χ3n) is 3.35. The van der Waals surface area contributed by atoms with E-state index in [9.17, 15) is 4.57 Å². The largest absolute Gasteiger partial charge is 0.345 e. The molecule has 0 amide bonds. The van der Waals surface area contributed by atoms with Gasteiger partial charge in [-0.1, -0.05) is 23.7 Å². The Hall–Kier alpha value is -0.420. The number of hydrogen-bond donors (Lipinski definition) is 1. The van der Waals surface area contributed by atoms with Crippen LogP contribution in [0, 0.1) is 0 Å². The van der Waals surface area contributed by atoms with Gasteiger partial charge in [-0.15, -0.1) is 0 Å². The van der Waals surface area contributed by atoms with Crippen molar-refractivity contribution in [2.75, 3.05) is 32.5 Å². The molecule has 7 heteroatoms. The molecule has 138 valence electrons. The van der Waals surface area contributed by atoms with Crippen molar-refractivity contribution in [1.29, 1.82) is 0 Å². The molecular weight excluding hydrogens is 349 g/mol. The van der Waals surface area contributed by atoms with Crippen LogP contribution in [-0.2, 0) is 25.1 Å². The molecule has 0 aliphatic carbocycles. The lowest BCUT2D eigenvalue weighted by molar-refractivity contribution is -0.0888. The topological polar surface area (TPSA) is 56.8 Å². The molecule has 0 radical (unpaired) electrons. The van der Waals surface area contributed by atoms with Crippen molar-refractivity contribution in [2.24, 2.45) is 0 Å². The molecule has 24 heavy (non-hydrogen) atoms. The molecule has 0 bridgehead atoms. The molecule has 1 rings (SSSR count). The molecule has 5 nitrogen and oxygen atoms in total. The predicted octanol–water partition coefficient (Wildman–Crippen LogP) is 4.49. The molecule has 0 aliphatic heterocycles. The number of benzene rings is 1. The highest BCUT2D eigenvalue weighted by Gasteiger charge is 2.35. The van der Waals surface area contributed by atoms with E-state index in [1.54, 1.807) is 0 Å². The van der Waals surface area contributed by atoms with Gasteiger partial charge < -0.3 is 19.3 Å². The van der Waals surface area contributed by atoms with Crippen molar-refractivity contribution in [3.05, 3.63) is 34.9 Å². The van der Waals surface area contributed by atoms with E-state index in [-0.39, 0.29) is 0 Å². The van der Waals surface area contributed by atoms with Crippen LogP contribution in [0.5, 0.6) is 0 Å². The standard InChI is InChI=1S/C17H29ClNO4P/c1-4-21-17(22-5-2)24(20,23-6-3)13-7-12-19-14-15-8-10-16(18)11-9-15/h8-11,17,19H,4-7,12-14H2,1-3H3. The molecular formula is C17H29ClNO4P. The Morgan fingerprint density at radius 1 is 1.08 bits per heavy atom. The fourth-order valence-corrected chi connectivity index (χ4v) is 4.65. The maximum atomic E-state index is 13.0. The van der Waals surface area contributed by atoms with Gasteiger partial charge in [-0.05, 0) is 51.4 Å². The molecule has 1 N–H and O–H groups in total. The molecule has 0 aromatic heterocycles. The summed E-state index contributed by atoms with van der Waals surface area (Å²) >= 11 is 5.87. The monoisotopic (exact) mass is 377 g/mol. The zero-order chi connectivity index (χ0) is 17.8. The quantitative estimate of drug-likeness (QED) is 0.312. The van der Waals surface area contributed by atoms with Crippen molar-refractivity contribution >= 4 is 19.0 Å². The van der Waals surface area contributed by atoms with E-state index in [1.165, 1.54) is 0 Å². The summed E-state index contributed by atoms with van der Waals surface area (Å²) in [4.78, 5) is 0. The minimum Gasteiger partial charge on any atom is -0.345 e. The summed E-state index contributed by atoms with van der Waals surface area (Å²) in [6.45, 7) is 8.30. The Morgan fingerprint density at radius 3 is 2.25 bits per heavy atom. The SMILES string of the molecule is CCOC(OCC)P(=O)(CCCNCc1ccc(Cl)cc1)OCC. The molecule has 0 aliphatic rings. The predicted molar refractivity (Wildman–Crippen MR) is 98.9 cm³/mol. The summed E-state index contributed by atoms with van der Waals surface area (Å²) in [7, 11) is -2.98. The van der Waals surface area contributed by atoms with Crippen LogP contribution in [-0.4, -0.2) is 38.6 Å². The zero-order valence-electron chi connectivity index (χ0n) is 14.8. The van der Waals surface area contributed by atoms with Gasteiger partial charge in [0.2, 0.25) is 6.03 Å². The summed E-state index contributed by atoms with van der Waals surface area (Å²) < 4.78 is 29.6. The van der Waals surface area contributed by atoms with Gasteiger partial charge in [-0.3, -0.25) is 4.57 Å². The lowest BCUT2D eigenvalue weighted by Crippen LogP contribution is -2.23. The van der Waals surface area contributed by atoms with Crippen LogP contribution in [0.25, 0.3) is 0 Å². The van der Waals surface area contributed by atoms with Gasteiger partial charge in [-0.25, -0.2) is 0 Å². The second-order valence-electron chi connectivity index (χ2n) is 5.24. The van der Waals surface area contributed by atoms with E-state index >= 15 is 0 Å². The third-order valence-corrected chi connectivity index (χ3v) is 6.18. The molecule has 0 heterocycles. The van der Waals surface area contributed by atoms with Crippen LogP contribution in [0.4, 0.5) is 0 Å². The van der Waals surface area contributed by atoms with Crippen molar-refractivity contribution in [3.8, 4) is 0 Å². The number of ether oxygens (including phenoxy) is 2. The summed E-state index contributed by atoms with van der Waals surface area (Å²) in [6.07, 6.45) is 1.15. The minimum atomic E-state index is -2.98. The van der Waals surface area contributed by atoms with Crippen molar-refractivity contribution in [2.45, 2.75) is 39.8 Å². The van der Waals surface area contributed by atoms with Gasteiger partial charge in [0.1, 0.15) is 0 Å². The molecule has 0 fully saturated rings. The smallest absolute Gasteiger partial charge is 0.257 e. The molecule has 1 aromatic carbocycles. The van der Waals surface area contributed by atoms with Gasteiger partial charge in [0.15, 0.2) is 0 Å². The molecule has 1 atom stereocenters. The molecule has 0 saturated heterocycles. The number of halogens is 1. The Balaban J connectivity index is 2.44. The number of rotatable bonds is 13. The van der Waals surface area contributed by atoms with Crippen molar-refractivity contribution in [3.63, 3.8) is 0 Å². The first-order valence-electron chi connectivity index (χ1n) is 8.47. The van der Waals surface area contributed by atoms with Crippen molar-refractivity contribution in [1.82, 2.24) is 5.32 Å². The maximum Gasteiger partial charge on any atom is 0.257 e. The van der Waals surface area contributed by atoms with Crippen LogP contribution >= 0.6 is 19.0 Å². The average molecular weight is 378 g/mol. The van der Waals surface area contributed by atoms with E-state index in [1.807, 2.05) is 45.0 Å². The van der Waals surface area contributed by atoms with Crippen LogP contribution < -0.4 is 5.32 Å². The average Bonchev–Trinajstić information content (AvgIpc) is 2.56.